The summed E-state index contributed by atoms with van der Waals surface area (Å²) in [5, 5.41) is 21.9. The molecule has 3 nitrogen and oxygen atoms in total. The monoisotopic (exact) mass is 327 g/mol. The third-order valence-corrected chi connectivity index (χ3v) is 3.06. The van der Waals surface area contributed by atoms with Gasteiger partial charge in [-0.15, -0.1) is 5.19 Å². The molecule has 1 aromatic rings. The van der Waals surface area contributed by atoms with E-state index in [9.17, 15) is 4.11 Å². The van der Waals surface area contributed by atoms with Crippen molar-refractivity contribution in [2.24, 2.45) is 0 Å². The van der Waals surface area contributed by atoms with Crippen LogP contribution in [0.15, 0.2) is 24.3 Å². The molecule has 96 valence electrons. The van der Waals surface area contributed by atoms with Gasteiger partial charge in [-0.05, 0) is 13.1 Å². The van der Waals surface area contributed by atoms with Gasteiger partial charge >= 0.3 is 0 Å². The number of halogens is 1. The molecule has 6 heteroatoms. The predicted octanol–water partition coefficient (Wildman–Crippen LogP) is 0.610. The molecule has 0 spiro atoms. The molecule has 0 atom stereocenters. The second-order valence-electron chi connectivity index (χ2n) is 2.65. The van der Waals surface area contributed by atoms with Gasteiger partial charge in [0, 0.05) is 47.5 Å². The van der Waals surface area contributed by atoms with Crippen LogP contribution in [0.4, 0.5) is 4.11 Å². The van der Waals surface area contributed by atoms with Crippen LogP contribution in [0.5, 0.6) is 0 Å². The molecule has 16 heavy (non-hydrogen) atoms. The summed E-state index contributed by atoms with van der Waals surface area (Å²) in [5.74, 6) is 0. The molecule has 0 aliphatic carbocycles. The van der Waals surface area contributed by atoms with Crippen LogP contribution in [0.3, 0.4) is 0 Å². The summed E-state index contributed by atoms with van der Waals surface area (Å²) in [4.78, 5) is 0. The first kappa shape index (κ1) is 25.2. The largest absolute Gasteiger partial charge is 0.400 e. The molecule has 0 amide bonds. The van der Waals surface area contributed by atoms with E-state index in [0.29, 0.717) is 0 Å². The Hall–Kier alpha value is 0.260. The molecule has 0 radical (unpaired) electrons. The summed E-state index contributed by atoms with van der Waals surface area (Å²) in [6.07, 6.45) is 0. The topological polar surface area (TPSA) is 60.7 Å². The number of aliphatic hydroxyl groups excluding tert-OH is 3. The van der Waals surface area contributed by atoms with Crippen molar-refractivity contribution >= 4 is 13.6 Å². The molecule has 1 aromatic carbocycles. The van der Waals surface area contributed by atoms with Gasteiger partial charge in [-0.1, -0.05) is 0 Å². The third kappa shape index (κ3) is 14.3. The van der Waals surface area contributed by atoms with Gasteiger partial charge in [0.05, 0.1) is 0 Å². The minimum Gasteiger partial charge on any atom is -0.400 e. The first-order chi connectivity index (χ1) is 7.11. The van der Waals surface area contributed by atoms with E-state index < -0.39 is 8.41 Å². The molecule has 1 rings (SSSR count). The molecule has 0 unspecified atom stereocenters. The molecule has 0 bridgehead atoms. The van der Waals surface area contributed by atoms with Crippen LogP contribution in [-0.2, 0) is 26.2 Å². The van der Waals surface area contributed by atoms with Crippen LogP contribution >= 0.6 is 0 Å². The molecule has 3 N–H and O–H groups in total. The quantitative estimate of drug-likeness (QED) is 0.402. The maximum atomic E-state index is 13.1. The fourth-order valence-electron chi connectivity index (χ4n) is 0.770. The van der Waals surface area contributed by atoms with Crippen molar-refractivity contribution < 1.29 is 45.6 Å². The zero-order valence-corrected chi connectivity index (χ0v) is 14.0. The van der Waals surface area contributed by atoms with E-state index in [1.165, 1.54) is 0 Å². The maximum absolute atomic E-state index is 13.1. The molecule has 0 aliphatic heterocycles. The fraction of sp³-hybridized carbons (Fsp3) is 0.500. The van der Waals surface area contributed by atoms with E-state index in [-0.39, 0.29) is 26.2 Å². The molecule has 0 fully saturated rings. The summed E-state index contributed by atoms with van der Waals surface area (Å²) in [6, 6.07) is 7.46. The zero-order chi connectivity index (χ0) is 12.9. The van der Waals surface area contributed by atoms with E-state index >= 15 is 0 Å². The first-order valence-electron chi connectivity index (χ1n) is 4.36. The Bertz CT molecular complexity index is 188. The van der Waals surface area contributed by atoms with Crippen LogP contribution in [0.2, 0.25) is 13.1 Å². The number of hydrogen-bond acceptors (Lipinski definition) is 3. The fourth-order valence-corrected chi connectivity index (χ4v) is 1.76. The Morgan fingerprint density at radius 1 is 0.875 bits per heavy atom. The van der Waals surface area contributed by atoms with Crippen LogP contribution < -0.4 is 5.19 Å². The van der Waals surface area contributed by atoms with Crippen molar-refractivity contribution in [3.05, 3.63) is 24.3 Å². The van der Waals surface area contributed by atoms with Crippen molar-refractivity contribution in [2.75, 3.05) is 21.3 Å². The van der Waals surface area contributed by atoms with Gasteiger partial charge in [0.15, 0.2) is 0 Å². The zero-order valence-electron chi connectivity index (χ0n) is 10.5. The number of hydrogen-bond donors (Lipinski definition) is 3. The standard InChI is InChI=1S/C7H10FSi.3CH4O.Zr/c1-9(2,8)7-5-3-4-6-7;3*1-2;/h3-6H,1-2H3;3*2H,1H3;/q-1;;;;. The second-order valence-corrected chi connectivity index (χ2v) is 6.17. The number of aliphatic hydroxyl groups is 3. The second kappa shape index (κ2) is 17.6. The Balaban J connectivity index is -0.0000000900. The van der Waals surface area contributed by atoms with Crippen molar-refractivity contribution in [3.8, 4) is 0 Å². The summed E-state index contributed by atoms with van der Waals surface area (Å²) in [7, 11) is 0.519. The first-order valence-corrected chi connectivity index (χ1v) is 7.24. The molecule has 0 saturated carbocycles. The average Bonchev–Trinajstić information content (AvgIpc) is 2.79. The normalized spacial score (nSPS) is 7.81. The van der Waals surface area contributed by atoms with Gasteiger partial charge in [0.1, 0.15) is 0 Å². The summed E-state index contributed by atoms with van der Waals surface area (Å²) >= 11 is 0. The van der Waals surface area contributed by atoms with Crippen molar-refractivity contribution in [3.63, 3.8) is 0 Å². The van der Waals surface area contributed by atoms with Crippen LogP contribution in [0.1, 0.15) is 0 Å². The van der Waals surface area contributed by atoms with E-state index in [2.05, 4.69) is 0 Å². The van der Waals surface area contributed by atoms with E-state index in [4.69, 9.17) is 15.3 Å². The Kier molecular flexibility index (Phi) is 27.8. The predicted molar refractivity (Wildman–Crippen MR) is 64.7 cm³/mol. The summed E-state index contributed by atoms with van der Waals surface area (Å²) in [5.41, 5.74) is 0. The Labute approximate surface area is 118 Å². The van der Waals surface area contributed by atoms with Gasteiger partial charge in [0.2, 0.25) is 8.41 Å². The molecule has 0 aliphatic rings. The molecular weight excluding hydrogens is 306 g/mol. The van der Waals surface area contributed by atoms with Crippen molar-refractivity contribution in [1.82, 2.24) is 0 Å². The minimum atomic E-state index is -2.48. The molecular formula is C10H22FO3SiZr-. The minimum absolute atomic E-state index is 0. The average molecular weight is 329 g/mol. The maximum Gasteiger partial charge on any atom is 0.214 e. The van der Waals surface area contributed by atoms with E-state index in [1.54, 1.807) is 13.1 Å². The van der Waals surface area contributed by atoms with Crippen LogP contribution in [-0.4, -0.2) is 45.1 Å². The van der Waals surface area contributed by atoms with Gasteiger partial charge < -0.3 is 19.4 Å². The van der Waals surface area contributed by atoms with Crippen molar-refractivity contribution in [2.45, 2.75) is 13.1 Å². The van der Waals surface area contributed by atoms with Crippen LogP contribution in [0, 0.1) is 0 Å². The molecule has 0 heterocycles. The van der Waals surface area contributed by atoms with Gasteiger partial charge in [-0.2, -0.15) is 12.1 Å². The molecule has 0 saturated heterocycles. The number of rotatable bonds is 1. The third-order valence-electron chi connectivity index (χ3n) is 1.35. The van der Waals surface area contributed by atoms with Crippen LogP contribution in [0.25, 0.3) is 0 Å². The van der Waals surface area contributed by atoms with Gasteiger partial charge in [0.25, 0.3) is 0 Å². The summed E-state index contributed by atoms with van der Waals surface area (Å²) < 4.78 is 13.1. The SMILES string of the molecule is CO.CO.CO.C[Si](C)(F)[c-]1cccc1.[Zr]. The Morgan fingerprint density at radius 3 is 1.25 bits per heavy atom. The van der Waals surface area contributed by atoms with Gasteiger partial charge in [-0.25, -0.2) is 12.1 Å². The van der Waals surface area contributed by atoms with Crippen molar-refractivity contribution in [1.29, 1.82) is 0 Å². The van der Waals surface area contributed by atoms with E-state index in [1.807, 2.05) is 24.3 Å². The Morgan fingerprint density at radius 2 is 1.12 bits per heavy atom. The van der Waals surface area contributed by atoms with E-state index in [0.717, 1.165) is 26.5 Å². The smallest absolute Gasteiger partial charge is 0.214 e. The van der Waals surface area contributed by atoms with Gasteiger partial charge in [-0.3, -0.25) is 0 Å². The summed E-state index contributed by atoms with van der Waals surface area (Å²) in [6.45, 7) is 3.39. The molecule has 0 aromatic heterocycles.